The van der Waals surface area contributed by atoms with Crippen LogP contribution >= 0.6 is 0 Å². The van der Waals surface area contributed by atoms with Crippen LogP contribution in [0.4, 0.5) is 5.69 Å². The third-order valence-electron chi connectivity index (χ3n) is 7.61. The zero-order valence-electron chi connectivity index (χ0n) is 20.7. The van der Waals surface area contributed by atoms with Crippen LogP contribution in [0.2, 0.25) is 0 Å². The maximum absolute atomic E-state index is 13.0. The molecule has 1 amide bonds. The standard InChI is InChI=1S/C26H32N2O7S/c1-16-5-11-19(12-6-16)36(34,35)28-18-9-7-17(8-10-18)15-21(23(30)31)27-22(29)20-13-14-26(4,24(32)33)25(20,2)3/h5-12,20-21,28H,13-15H2,1-4H3,(H,27,29)(H,30,31)(H,32,33)/t20-,21+,26+/m1/s1. The number of carbonyl (C=O) groups is 3. The Bertz CT molecular complexity index is 1250. The molecule has 3 atom stereocenters. The predicted molar refractivity (Wildman–Crippen MR) is 134 cm³/mol. The van der Waals surface area contributed by atoms with Crippen LogP contribution in [0.3, 0.4) is 0 Å². The number of aryl methyl sites for hydroxylation is 1. The minimum atomic E-state index is -3.77. The summed E-state index contributed by atoms with van der Waals surface area (Å²) >= 11 is 0. The molecule has 194 valence electrons. The number of carbonyl (C=O) groups excluding carboxylic acids is 1. The number of anilines is 1. The second-order valence-electron chi connectivity index (χ2n) is 10.2. The molecule has 1 aliphatic carbocycles. The van der Waals surface area contributed by atoms with Crippen molar-refractivity contribution < 1.29 is 33.0 Å². The van der Waals surface area contributed by atoms with E-state index in [0.717, 1.165) is 5.56 Å². The summed E-state index contributed by atoms with van der Waals surface area (Å²) in [6, 6.07) is 11.4. The second-order valence-corrected chi connectivity index (χ2v) is 11.9. The van der Waals surface area contributed by atoms with Gasteiger partial charge in [-0.15, -0.1) is 0 Å². The highest BCUT2D eigenvalue weighted by Gasteiger charge is 2.58. The molecule has 3 rings (SSSR count). The van der Waals surface area contributed by atoms with Crippen molar-refractivity contribution in [2.45, 2.75) is 57.9 Å². The van der Waals surface area contributed by atoms with Crippen molar-refractivity contribution in [3.63, 3.8) is 0 Å². The van der Waals surface area contributed by atoms with E-state index in [9.17, 15) is 33.0 Å². The van der Waals surface area contributed by atoms with Gasteiger partial charge in [0.2, 0.25) is 5.91 Å². The number of nitrogens with one attached hydrogen (secondary N) is 2. The number of carboxylic acids is 2. The van der Waals surface area contributed by atoms with Gasteiger partial charge in [0.05, 0.1) is 10.3 Å². The number of rotatable bonds is 9. The number of amides is 1. The monoisotopic (exact) mass is 516 g/mol. The van der Waals surface area contributed by atoms with Gasteiger partial charge in [0, 0.05) is 18.0 Å². The maximum Gasteiger partial charge on any atom is 0.326 e. The van der Waals surface area contributed by atoms with E-state index < -0.39 is 50.7 Å². The van der Waals surface area contributed by atoms with Crippen molar-refractivity contribution >= 4 is 33.6 Å². The molecule has 1 saturated carbocycles. The van der Waals surface area contributed by atoms with Gasteiger partial charge >= 0.3 is 11.9 Å². The first-order valence-corrected chi connectivity index (χ1v) is 13.1. The Balaban J connectivity index is 1.68. The molecule has 1 fully saturated rings. The molecule has 0 heterocycles. The summed E-state index contributed by atoms with van der Waals surface area (Å²) in [6.45, 7) is 6.93. The summed E-state index contributed by atoms with van der Waals surface area (Å²) in [6.07, 6.45) is 0.657. The average molecular weight is 517 g/mol. The van der Waals surface area contributed by atoms with Crippen molar-refractivity contribution in [3.8, 4) is 0 Å². The highest BCUT2D eigenvalue weighted by molar-refractivity contribution is 7.92. The highest BCUT2D eigenvalue weighted by atomic mass is 32.2. The Morgan fingerprint density at radius 1 is 1.00 bits per heavy atom. The topological polar surface area (TPSA) is 150 Å². The molecule has 0 aliphatic heterocycles. The summed E-state index contributed by atoms with van der Waals surface area (Å²) in [4.78, 5) is 36.8. The van der Waals surface area contributed by atoms with Crippen molar-refractivity contribution in [2.75, 3.05) is 4.72 Å². The number of hydrogen-bond donors (Lipinski definition) is 4. The lowest BCUT2D eigenvalue weighted by Gasteiger charge is -2.38. The lowest BCUT2D eigenvalue weighted by atomic mass is 9.65. The first-order valence-electron chi connectivity index (χ1n) is 11.6. The second kappa shape index (κ2) is 9.93. The summed E-state index contributed by atoms with van der Waals surface area (Å²) in [5.41, 5.74) is -0.110. The molecule has 1 aliphatic rings. The summed E-state index contributed by atoms with van der Waals surface area (Å²) in [7, 11) is -3.77. The van der Waals surface area contributed by atoms with Gasteiger partial charge in [0.25, 0.3) is 10.0 Å². The molecule has 0 radical (unpaired) electrons. The van der Waals surface area contributed by atoms with Crippen LogP contribution < -0.4 is 10.0 Å². The van der Waals surface area contributed by atoms with E-state index in [0.29, 0.717) is 24.1 Å². The Morgan fingerprint density at radius 3 is 2.08 bits per heavy atom. The van der Waals surface area contributed by atoms with E-state index in [1.807, 2.05) is 6.92 Å². The fourth-order valence-corrected chi connectivity index (χ4v) is 5.75. The molecule has 0 spiro atoms. The number of hydrogen-bond acceptors (Lipinski definition) is 5. The van der Waals surface area contributed by atoms with Crippen LogP contribution in [0.5, 0.6) is 0 Å². The van der Waals surface area contributed by atoms with Gasteiger partial charge in [-0.1, -0.05) is 43.7 Å². The van der Waals surface area contributed by atoms with Crippen LogP contribution in [0.15, 0.2) is 53.4 Å². The number of sulfonamides is 1. The van der Waals surface area contributed by atoms with E-state index in [1.54, 1.807) is 45.0 Å². The molecular weight excluding hydrogens is 484 g/mol. The number of aliphatic carboxylic acids is 2. The van der Waals surface area contributed by atoms with Crippen LogP contribution in [-0.4, -0.2) is 42.5 Å². The first kappa shape index (κ1) is 27.2. The normalized spacial score (nSPS) is 21.9. The van der Waals surface area contributed by atoms with Gasteiger partial charge in [-0.2, -0.15) is 0 Å². The molecule has 0 aromatic heterocycles. The number of benzene rings is 2. The average Bonchev–Trinajstić information content (AvgIpc) is 3.04. The zero-order chi connectivity index (χ0) is 26.9. The van der Waals surface area contributed by atoms with Gasteiger partial charge in [-0.25, -0.2) is 13.2 Å². The summed E-state index contributed by atoms with van der Waals surface area (Å²) < 4.78 is 27.6. The van der Waals surface area contributed by atoms with Gasteiger partial charge in [-0.3, -0.25) is 14.3 Å². The summed E-state index contributed by atoms with van der Waals surface area (Å²) in [5.74, 6) is -3.32. The largest absolute Gasteiger partial charge is 0.481 e. The fourth-order valence-electron chi connectivity index (χ4n) is 4.69. The molecule has 36 heavy (non-hydrogen) atoms. The summed E-state index contributed by atoms with van der Waals surface area (Å²) in [5, 5.41) is 21.9. The predicted octanol–water partition coefficient (Wildman–Crippen LogP) is 3.43. The quantitative estimate of drug-likeness (QED) is 0.399. The molecule has 2 aromatic carbocycles. The molecular formula is C26H32N2O7S. The molecule has 0 unspecified atom stereocenters. The van der Waals surface area contributed by atoms with Crippen LogP contribution in [0.1, 0.15) is 44.7 Å². The van der Waals surface area contributed by atoms with Gasteiger partial charge in [0.1, 0.15) is 6.04 Å². The highest BCUT2D eigenvalue weighted by Crippen LogP contribution is 2.56. The van der Waals surface area contributed by atoms with E-state index in [4.69, 9.17) is 0 Å². The Morgan fingerprint density at radius 2 is 1.58 bits per heavy atom. The van der Waals surface area contributed by atoms with Crippen molar-refractivity contribution in [2.24, 2.45) is 16.7 Å². The maximum atomic E-state index is 13.0. The number of carboxylic acid groups (broad SMARTS) is 2. The van der Waals surface area contributed by atoms with E-state index in [-0.39, 0.29) is 11.3 Å². The Labute approximate surface area is 211 Å². The Hall–Kier alpha value is -3.40. The lowest BCUT2D eigenvalue weighted by molar-refractivity contribution is -0.155. The minimum absolute atomic E-state index is 0.0184. The van der Waals surface area contributed by atoms with Gasteiger partial charge < -0.3 is 15.5 Å². The SMILES string of the molecule is Cc1ccc(S(=O)(=O)Nc2ccc(C[C@H](NC(=O)[C@H]3CC[C@@](C)(C(=O)O)C3(C)C)C(=O)O)cc2)cc1. The molecule has 0 saturated heterocycles. The van der Waals surface area contributed by atoms with Crippen molar-refractivity contribution in [1.29, 1.82) is 0 Å². The molecule has 0 bridgehead atoms. The molecule has 2 aromatic rings. The smallest absolute Gasteiger partial charge is 0.326 e. The third-order valence-corrected chi connectivity index (χ3v) is 9.00. The zero-order valence-corrected chi connectivity index (χ0v) is 21.6. The first-order chi connectivity index (χ1) is 16.7. The van der Waals surface area contributed by atoms with E-state index >= 15 is 0 Å². The molecule has 10 heteroatoms. The van der Waals surface area contributed by atoms with E-state index in [1.165, 1.54) is 24.3 Å². The minimum Gasteiger partial charge on any atom is -0.481 e. The van der Waals surface area contributed by atoms with Gasteiger partial charge in [0.15, 0.2) is 0 Å². The molecule has 4 N–H and O–H groups in total. The fraction of sp³-hybridized carbons (Fsp3) is 0.423. The van der Waals surface area contributed by atoms with Crippen molar-refractivity contribution in [1.82, 2.24) is 5.32 Å². The van der Waals surface area contributed by atoms with Crippen molar-refractivity contribution in [3.05, 3.63) is 59.7 Å². The van der Waals surface area contributed by atoms with E-state index in [2.05, 4.69) is 10.0 Å². The third kappa shape index (κ3) is 5.38. The lowest BCUT2D eigenvalue weighted by Crippen LogP contribution is -2.49. The van der Waals surface area contributed by atoms with Crippen LogP contribution in [0.25, 0.3) is 0 Å². The molecule has 9 nitrogen and oxygen atoms in total. The van der Waals surface area contributed by atoms with Crippen LogP contribution in [0, 0.1) is 23.7 Å². The Kier molecular flexibility index (Phi) is 7.50. The van der Waals surface area contributed by atoms with Gasteiger partial charge in [-0.05, 0) is 61.9 Å². The van der Waals surface area contributed by atoms with Crippen LogP contribution in [-0.2, 0) is 30.8 Å².